The topological polar surface area (TPSA) is 85.5 Å². The second-order valence-corrected chi connectivity index (χ2v) is 40.0. The fraction of sp³-hybridized carbons (Fsp3) is 0.238. The molecule has 0 aliphatic rings. The molecule has 0 saturated heterocycles. The van der Waals surface area contributed by atoms with Gasteiger partial charge in [0.2, 0.25) is 22.8 Å². The first kappa shape index (κ1) is 94.2. The number of hydrogen-bond acceptors (Lipinski definition) is 4. The molecule has 0 atom stereocenters. The Morgan fingerprint density at radius 1 is 0.275 bits per heavy atom. The zero-order valence-electron chi connectivity index (χ0n) is 84.0. The van der Waals surface area contributed by atoms with Gasteiger partial charge in [0.25, 0.3) is 0 Å². The Kier molecular flexibility index (Phi) is 25.9. The van der Waals surface area contributed by atoms with Crippen LogP contribution < -0.4 is 18.3 Å². The van der Waals surface area contributed by atoms with Crippen LogP contribution in [0, 0.1) is 114 Å². The molecule has 0 aliphatic heterocycles. The third-order valence-corrected chi connectivity index (χ3v) is 27.3. The number of benzene rings is 12. The third kappa shape index (κ3) is 17.4. The Morgan fingerprint density at radius 2 is 0.572 bits per heavy atom. The van der Waals surface area contributed by atoms with E-state index >= 15 is 0 Å². The first-order valence-corrected chi connectivity index (χ1v) is 47.8. The van der Waals surface area contributed by atoms with E-state index in [1.165, 1.54) is 83.5 Å². The molecule has 12 aromatic carbocycles. The van der Waals surface area contributed by atoms with Crippen LogP contribution in [0.1, 0.15) is 158 Å². The van der Waals surface area contributed by atoms with Crippen molar-refractivity contribution in [2.45, 2.75) is 163 Å². The number of furan rings is 4. The number of aromatic nitrogens is 4. The lowest BCUT2D eigenvalue weighted by Crippen LogP contribution is -2.32. The number of pyridine rings is 4. The second-order valence-electron chi connectivity index (χ2n) is 40.0. The van der Waals surface area contributed by atoms with Crippen LogP contribution in [0.15, 0.2) is 267 Å². The van der Waals surface area contributed by atoms with Crippen molar-refractivity contribution in [3.8, 4) is 89.5 Å². The third-order valence-electron chi connectivity index (χ3n) is 27.3. The molecule has 20 rings (SSSR count). The highest BCUT2D eigenvalue weighted by molar-refractivity contribution is 6.21. The highest BCUT2D eigenvalue weighted by Crippen LogP contribution is 2.52. The van der Waals surface area contributed by atoms with Crippen LogP contribution in [-0.4, -0.2) is 0 Å². The van der Waals surface area contributed by atoms with Crippen LogP contribution in [0.2, 0.25) is 0 Å². The summed E-state index contributed by atoms with van der Waals surface area (Å²) in [6, 6.07) is 76.7. The molecule has 0 N–H and O–H groups in total. The van der Waals surface area contributed by atoms with Crippen molar-refractivity contribution in [2.75, 3.05) is 0 Å². The van der Waals surface area contributed by atoms with Gasteiger partial charge in [0.15, 0.2) is 47.5 Å². The summed E-state index contributed by atoms with van der Waals surface area (Å²) < 4.78 is 35.9. The van der Waals surface area contributed by atoms with Gasteiger partial charge in [-0.3, -0.25) is 0 Å². The Hall–Kier alpha value is -15.6. The summed E-state index contributed by atoms with van der Waals surface area (Å²) in [6.45, 7) is 75.2. The van der Waals surface area contributed by atoms with E-state index in [4.69, 9.17) is 44.0 Å². The van der Waals surface area contributed by atoms with Crippen LogP contribution in [0.25, 0.3) is 197 Å². The summed E-state index contributed by atoms with van der Waals surface area (Å²) in [5.74, 6) is 1.48. The van der Waals surface area contributed by atoms with Crippen LogP contribution in [0.5, 0.6) is 0 Å². The molecule has 12 heteroatoms. The van der Waals surface area contributed by atoms with Crippen LogP contribution in [-0.2, 0) is 41.0 Å². The lowest BCUT2D eigenvalue weighted by atomic mass is 9.88. The van der Waals surface area contributed by atoms with E-state index in [1.54, 1.807) is 0 Å². The molecule has 0 amide bonds. The van der Waals surface area contributed by atoms with E-state index in [9.17, 15) is 0 Å². The van der Waals surface area contributed by atoms with Gasteiger partial charge < -0.3 is 17.7 Å². The van der Waals surface area contributed by atoms with Crippen molar-refractivity contribution in [1.82, 2.24) is 0 Å². The molecule has 0 aliphatic carbocycles. The fourth-order valence-corrected chi connectivity index (χ4v) is 21.3. The molecule has 684 valence electrons. The van der Waals surface area contributed by atoms with Gasteiger partial charge >= 0.3 is 0 Å². The first-order chi connectivity index (χ1) is 66.1. The number of fused-ring (bicyclic) bond motifs is 12. The van der Waals surface area contributed by atoms with Crippen LogP contribution in [0.3, 0.4) is 0 Å². The van der Waals surface area contributed by atoms with Gasteiger partial charge in [-0.25, -0.2) is 37.6 Å². The first-order valence-electron chi connectivity index (χ1n) is 47.8. The summed E-state index contributed by atoms with van der Waals surface area (Å²) in [6.07, 6.45) is 11.0. The van der Waals surface area contributed by atoms with E-state index < -0.39 is 0 Å². The van der Waals surface area contributed by atoms with Crippen molar-refractivity contribution < 1.29 is 35.9 Å². The normalized spacial score (nSPS) is 11.6. The smallest absolute Gasteiger partial charge is 0.216 e. The molecule has 0 fully saturated rings. The quantitative estimate of drug-likeness (QED) is 0.0850. The van der Waals surface area contributed by atoms with Gasteiger partial charge in [0.1, 0.15) is 72.9 Å². The van der Waals surface area contributed by atoms with Crippen molar-refractivity contribution >= 4 is 111 Å². The van der Waals surface area contributed by atoms with Gasteiger partial charge in [0, 0.05) is 112 Å². The van der Waals surface area contributed by atoms with Crippen molar-refractivity contribution in [3.63, 3.8) is 0 Å². The summed E-state index contributed by atoms with van der Waals surface area (Å²) >= 11 is 0. The Morgan fingerprint density at radius 3 is 0.877 bits per heavy atom. The van der Waals surface area contributed by atoms with E-state index in [-0.39, 0.29) is 5.41 Å². The molecule has 0 unspecified atom stereocenters. The predicted octanol–water partition coefficient (Wildman–Crippen LogP) is 33.6. The number of hydrogen-bond donors (Lipinski definition) is 0. The lowest BCUT2D eigenvalue weighted by Gasteiger charge is -2.17. The molecular weight excluding hydrogens is 1690 g/mol. The Balaban J connectivity index is 0.000000127. The van der Waals surface area contributed by atoms with Crippen molar-refractivity contribution in [2.24, 2.45) is 39.5 Å². The molecular formula is C126H120N8O4+4. The van der Waals surface area contributed by atoms with Gasteiger partial charge in [0.05, 0.1) is 48.5 Å². The largest absolute Gasteiger partial charge is 0.456 e. The fourth-order valence-electron chi connectivity index (χ4n) is 21.3. The summed E-state index contributed by atoms with van der Waals surface area (Å²) in [7, 11) is 8.44. The van der Waals surface area contributed by atoms with E-state index in [0.29, 0.717) is 40.5 Å². The molecule has 0 radical (unpaired) electrons. The highest BCUT2D eigenvalue weighted by Gasteiger charge is 2.33. The average molecular weight is 1810 g/mol. The summed E-state index contributed by atoms with van der Waals surface area (Å²) in [5.41, 5.74) is 44.6. The second kappa shape index (κ2) is 37.9. The minimum Gasteiger partial charge on any atom is -0.456 e. The number of nitrogens with zero attached hydrogens (tertiary/aromatic N) is 8. The monoisotopic (exact) mass is 1810 g/mol. The lowest BCUT2D eigenvalue weighted by molar-refractivity contribution is -0.661. The van der Waals surface area contributed by atoms with Crippen LogP contribution in [0.4, 0.5) is 22.7 Å². The standard InChI is InChI=1S/2C32H31N2O.2C31H29N2O/c1-20-17-21(2)28(26-16-13-22(19-34(26)7)18-32(3,4)5)31-27(20)24-14-15-25(33-6)29(30(24)35-31)23-11-9-8-10-12-23;1-19(2)15-24-17-27(34(7)18-22(24)5)29-21(4)16-20(3)28-25-13-14-26(33-6)30(31(25)35-32(28)29)23-11-9-8-10-12-23;1-18(2)24-17-33(7)26(16-19(24)3)28-21(5)15-20(4)27-23-13-14-25(32-6)29(30(23)34-31(27)28)22-11-9-8-10-12-22;1-18(2)24-16-26(33(7)17-21(24)5)28-20(4)15-19(3)27-23-13-14-25(32-6)29(30(23)34-31(27)28)22-11-9-8-10-12-22/h8-17,19H,18H2,1-5,7H3;8-14,16-19H,15H2,1-5,7H3;2*8-18H,1-5,7H3/q4*+1. The maximum atomic E-state index is 7.80. The molecule has 0 saturated carbocycles. The van der Waals surface area contributed by atoms with Gasteiger partial charge in [-0.2, -0.15) is 0 Å². The predicted molar refractivity (Wildman–Crippen MR) is 570 cm³/mol. The van der Waals surface area contributed by atoms with Crippen molar-refractivity contribution in [3.05, 3.63) is 378 Å². The zero-order valence-corrected chi connectivity index (χ0v) is 84.0. The Bertz CT molecular complexity index is 8470. The SMILES string of the molecule is [C-]#[N+]c1ccc2c(oc3c(-c4cc(C(C)C)c(C)c[n+]4C)c(C)cc(C)c32)c1-c1ccccc1.[C-]#[N+]c1ccc2c(oc3c(-c4cc(C)c(C(C)C)c[n+]4C)c(C)cc(C)c32)c1-c1ccccc1.[C-]#[N+]c1ccc2c(oc3c(-c4cc(CC(C)C)c(C)c[n+]4C)c(C)cc(C)c32)c1-c1ccccc1.[C-]#[N+]c1ccc2c(oc3c(-c4ccc(CC(C)(C)C)c[n+]4C)c(C)cc(C)c32)c1-c1ccccc1. The number of aryl methyl sites for hydroxylation is 15. The molecule has 20 aromatic rings. The number of rotatable bonds is 13. The van der Waals surface area contributed by atoms with E-state index in [1.807, 2.05) is 170 Å². The highest BCUT2D eigenvalue weighted by atomic mass is 16.3. The maximum Gasteiger partial charge on any atom is 0.216 e. The van der Waals surface area contributed by atoms with Gasteiger partial charge in [-0.15, -0.1) is 0 Å². The summed E-state index contributed by atoms with van der Waals surface area (Å²) in [4.78, 5) is 15.3. The van der Waals surface area contributed by atoms with Crippen molar-refractivity contribution in [1.29, 1.82) is 0 Å². The molecule has 12 nitrogen and oxygen atoms in total. The Labute approximate surface area is 811 Å². The minimum absolute atomic E-state index is 0.231. The zero-order chi connectivity index (χ0) is 98.0. The van der Waals surface area contributed by atoms with E-state index in [2.05, 4.69) is 284 Å². The average Bonchev–Trinajstić information content (AvgIpc) is 1.57. The molecule has 8 heterocycles. The molecule has 138 heavy (non-hydrogen) atoms. The van der Waals surface area contributed by atoms with Gasteiger partial charge in [-0.05, 0) is 202 Å². The minimum atomic E-state index is 0.231. The molecule has 0 spiro atoms. The van der Waals surface area contributed by atoms with Gasteiger partial charge in [-0.1, -0.05) is 256 Å². The van der Waals surface area contributed by atoms with E-state index in [0.717, 1.165) is 190 Å². The molecule has 8 aromatic heterocycles. The molecule has 0 bridgehead atoms. The van der Waals surface area contributed by atoms with Crippen LogP contribution >= 0.6 is 0 Å². The maximum absolute atomic E-state index is 7.80. The summed E-state index contributed by atoms with van der Waals surface area (Å²) in [5, 5.41) is 8.70.